The molecule has 138 valence electrons. The molecule has 0 aliphatic carbocycles. The molecule has 2 atom stereocenters. The van der Waals surface area contributed by atoms with Crippen LogP contribution in [0.5, 0.6) is 0 Å². The molecule has 1 rings (SSSR count). The third-order valence-electron chi connectivity index (χ3n) is 3.56. The molecule has 0 aromatic rings. The van der Waals surface area contributed by atoms with Gasteiger partial charge in [-0.05, 0) is 53.9 Å². The molecule has 7 heteroatoms. The monoisotopic (exact) mass is 342 g/mol. The lowest BCUT2D eigenvalue weighted by Crippen LogP contribution is -2.44. The summed E-state index contributed by atoms with van der Waals surface area (Å²) in [5.41, 5.74) is -1.15. The number of carbonyl (C=O) groups is 3. The van der Waals surface area contributed by atoms with Gasteiger partial charge in [0.1, 0.15) is 17.5 Å². The summed E-state index contributed by atoms with van der Waals surface area (Å²) in [7, 11) is 0. The Bertz CT molecular complexity index is 465. The molecule has 0 saturated carbocycles. The maximum Gasteiger partial charge on any atom is 0.410 e. The summed E-state index contributed by atoms with van der Waals surface area (Å²) >= 11 is 0. The molecular formula is C17H30N2O5. The number of hydrogen-bond acceptors (Lipinski definition) is 5. The van der Waals surface area contributed by atoms with E-state index in [-0.39, 0.29) is 18.4 Å². The van der Waals surface area contributed by atoms with E-state index in [0.29, 0.717) is 19.5 Å². The number of hydrogen-bond donors (Lipinski definition) is 1. The highest BCUT2D eigenvalue weighted by molar-refractivity contribution is 5.70. The van der Waals surface area contributed by atoms with Gasteiger partial charge in [0.25, 0.3) is 0 Å². The first kappa shape index (κ1) is 20.3. The van der Waals surface area contributed by atoms with Gasteiger partial charge in [-0.15, -0.1) is 0 Å². The average Bonchev–Trinajstić information content (AvgIpc) is 2.76. The molecule has 0 bridgehead atoms. The third-order valence-corrected chi connectivity index (χ3v) is 3.56. The lowest BCUT2D eigenvalue weighted by atomic mass is 9.98. The fourth-order valence-electron chi connectivity index (χ4n) is 2.65. The second-order valence-corrected chi connectivity index (χ2v) is 8.08. The maximum absolute atomic E-state index is 12.3. The number of nitrogens with one attached hydrogen (secondary N) is 1. The maximum atomic E-state index is 12.3. The highest BCUT2D eigenvalue weighted by atomic mass is 16.6. The SMILES string of the molecule is CC(C)(C)OC(=O)NC[C@@H]1CCN(C(=O)OC(C)(C)C)[C@H]1CC=O. The Morgan fingerprint density at radius 1 is 1.12 bits per heavy atom. The highest BCUT2D eigenvalue weighted by Gasteiger charge is 2.38. The number of rotatable bonds is 4. The van der Waals surface area contributed by atoms with Gasteiger partial charge in [-0.2, -0.15) is 0 Å². The van der Waals surface area contributed by atoms with Crippen molar-refractivity contribution in [2.45, 2.75) is 71.6 Å². The average molecular weight is 342 g/mol. The van der Waals surface area contributed by atoms with Crippen LogP contribution in [0.1, 0.15) is 54.4 Å². The molecule has 0 aromatic heterocycles. The van der Waals surface area contributed by atoms with Crippen LogP contribution in [0.4, 0.5) is 9.59 Å². The Kier molecular flexibility index (Phi) is 6.63. The summed E-state index contributed by atoms with van der Waals surface area (Å²) in [6, 6.07) is -0.271. The molecule has 0 aromatic carbocycles. The first-order chi connectivity index (χ1) is 10.9. The number of ether oxygens (including phenoxy) is 2. The van der Waals surface area contributed by atoms with Crippen molar-refractivity contribution in [1.82, 2.24) is 10.2 Å². The van der Waals surface area contributed by atoms with Crippen LogP contribution in [-0.2, 0) is 14.3 Å². The van der Waals surface area contributed by atoms with Crippen molar-refractivity contribution in [2.24, 2.45) is 5.92 Å². The van der Waals surface area contributed by atoms with E-state index in [0.717, 1.165) is 6.29 Å². The number of alkyl carbamates (subject to hydrolysis) is 1. The number of nitrogens with zero attached hydrogens (tertiary/aromatic N) is 1. The van der Waals surface area contributed by atoms with Gasteiger partial charge < -0.3 is 24.5 Å². The van der Waals surface area contributed by atoms with Gasteiger partial charge in [-0.25, -0.2) is 9.59 Å². The summed E-state index contributed by atoms with van der Waals surface area (Å²) in [5.74, 6) is -0.00441. The van der Waals surface area contributed by atoms with Crippen molar-refractivity contribution in [3.05, 3.63) is 0 Å². The Morgan fingerprint density at radius 2 is 1.71 bits per heavy atom. The fraction of sp³-hybridized carbons (Fsp3) is 0.824. The van der Waals surface area contributed by atoms with Gasteiger partial charge in [0.15, 0.2) is 0 Å². The molecule has 24 heavy (non-hydrogen) atoms. The zero-order valence-electron chi connectivity index (χ0n) is 15.5. The van der Waals surface area contributed by atoms with E-state index in [9.17, 15) is 14.4 Å². The van der Waals surface area contributed by atoms with Crippen molar-refractivity contribution in [3.8, 4) is 0 Å². The zero-order valence-corrected chi connectivity index (χ0v) is 15.5. The highest BCUT2D eigenvalue weighted by Crippen LogP contribution is 2.27. The van der Waals surface area contributed by atoms with Crippen LogP contribution in [0.3, 0.4) is 0 Å². The molecular weight excluding hydrogens is 312 g/mol. The summed E-state index contributed by atoms with van der Waals surface area (Å²) in [5, 5.41) is 2.72. The Hall–Kier alpha value is -1.79. The third kappa shape index (κ3) is 6.76. The first-order valence-corrected chi connectivity index (χ1v) is 8.33. The van der Waals surface area contributed by atoms with Crippen LogP contribution < -0.4 is 5.32 Å². The Balaban J connectivity index is 2.64. The van der Waals surface area contributed by atoms with Crippen molar-refractivity contribution in [3.63, 3.8) is 0 Å². The van der Waals surface area contributed by atoms with E-state index in [2.05, 4.69) is 5.32 Å². The Morgan fingerprint density at radius 3 is 2.21 bits per heavy atom. The van der Waals surface area contributed by atoms with Gasteiger partial charge in [-0.3, -0.25) is 0 Å². The predicted octanol–water partition coefficient (Wildman–Crippen LogP) is 2.73. The molecule has 7 nitrogen and oxygen atoms in total. The van der Waals surface area contributed by atoms with Crippen molar-refractivity contribution < 1.29 is 23.9 Å². The standard InChI is InChI=1S/C17H30N2O5/c1-16(2,3)23-14(21)18-11-12-7-9-19(13(12)8-10-20)15(22)24-17(4,5)6/h10,12-13H,7-9,11H2,1-6H3,(H,18,21)/t12-,13-/m0/s1. The smallest absolute Gasteiger partial charge is 0.410 e. The molecule has 1 N–H and O–H groups in total. The fourth-order valence-corrected chi connectivity index (χ4v) is 2.65. The molecule has 2 amide bonds. The largest absolute Gasteiger partial charge is 0.444 e. The van der Waals surface area contributed by atoms with E-state index in [1.807, 2.05) is 0 Å². The zero-order chi connectivity index (χ0) is 18.5. The first-order valence-electron chi connectivity index (χ1n) is 8.33. The summed E-state index contributed by atoms with van der Waals surface area (Å²) < 4.78 is 10.6. The minimum Gasteiger partial charge on any atom is -0.444 e. The van der Waals surface area contributed by atoms with E-state index in [1.54, 1.807) is 46.4 Å². The quantitative estimate of drug-likeness (QED) is 0.794. The molecule has 0 spiro atoms. The van der Waals surface area contributed by atoms with Crippen molar-refractivity contribution in [1.29, 1.82) is 0 Å². The predicted molar refractivity (Wildman–Crippen MR) is 89.8 cm³/mol. The molecule has 1 aliphatic heterocycles. The molecule has 0 unspecified atom stereocenters. The van der Waals surface area contributed by atoms with Gasteiger partial charge in [-0.1, -0.05) is 0 Å². The second-order valence-electron chi connectivity index (χ2n) is 8.08. The van der Waals surface area contributed by atoms with Crippen LogP contribution >= 0.6 is 0 Å². The topological polar surface area (TPSA) is 84.9 Å². The second kappa shape index (κ2) is 7.85. The van der Waals surface area contributed by atoms with Crippen molar-refractivity contribution >= 4 is 18.5 Å². The summed E-state index contributed by atoms with van der Waals surface area (Å²) in [6.45, 7) is 11.7. The van der Waals surface area contributed by atoms with Crippen LogP contribution in [0.25, 0.3) is 0 Å². The lowest BCUT2D eigenvalue weighted by molar-refractivity contribution is -0.108. The molecule has 0 radical (unpaired) electrons. The van der Waals surface area contributed by atoms with E-state index >= 15 is 0 Å². The van der Waals surface area contributed by atoms with E-state index in [4.69, 9.17) is 9.47 Å². The molecule has 1 saturated heterocycles. The lowest BCUT2D eigenvalue weighted by Gasteiger charge is -2.30. The number of amides is 2. The van der Waals surface area contributed by atoms with Crippen LogP contribution in [0.2, 0.25) is 0 Å². The summed E-state index contributed by atoms with van der Waals surface area (Å²) in [4.78, 5) is 36.6. The van der Waals surface area contributed by atoms with E-state index < -0.39 is 23.4 Å². The van der Waals surface area contributed by atoms with E-state index in [1.165, 1.54) is 0 Å². The minimum absolute atomic E-state index is 0.00441. The molecule has 1 heterocycles. The van der Waals surface area contributed by atoms with Gasteiger partial charge in [0, 0.05) is 25.6 Å². The van der Waals surface area contributed by atoms with Crippen molar-refractivity contribution in [2.75, 3.05) is 13.1 Å². The Labute approximate surface area is 144 Å². The normalized spacial score (nSPS) is 21.3. The number of aldehydes is 1. The van der Waals surface area contributed by atoms with Crippen LogP contribution in [0.15, 0.2) is 0 Å². The minimum atomic E-state index is -0.588. The number of carbonyl (C=O) groups excluding carboxylic acids is 3. The number of likely N-dealkylation sites (tertiary alicyclic amines) is 1. The molecule has 1 aliphatic rings. The van der Waals surface area contributed by atoms with Crippen LogP contribution in [0, 0.1) is 5.92 Å². The van der Waals surface area contributed by atoms with Gasteiger partial charge >= 0.3 is 12.2 Å². The summed E-state index contributed by atoms with van der Waals surface area (Å²) in [6.07, 6.45) is 0.804. The van der Waals surface area contributed by atoms with Gasteiger partial charge in [0.2, 0.25) is 0 Å². The van der Waals surface area contributed by atoms with Crippen LogP contribution in [-0.4, -0.2) is 53.7 Å². The molecule has 1 fully saturated rings. The van der Waals surface area contributed by atoms with Gasteiger partial charge in [0.05, 0.1) is 0 Å².